The molecule has 0 radical (unpaired) electrons. The first kappa shape index (κ1) is 19.2. The molecule has 0 aliphatic carbocycles. The van der Waals surface area contributed by atoms with Crippen molar-refractivity contribution in [1.29, 1.82) is 0 Å². The summed E-state index contributed by atoms with van der Waals surface area (Å²) >= 11 is 1.47. The van der Waals surface area contributed by atoms with Gasteiger partial charge in [0, 0.05) is 10.9 Å². The molecule has 148 valence electrons. The molecule has 0 fully saturated rings. The molecule has 0 N–H and O–H groups in total. The minimum atomic E-state index is -0.0411. The third-order valence-corrected chi connectivity index (χ3v) is 5.93. The van der Waals surface area contributed by atoms with Gasteiger partial charge in [0.2, 0.25) is 0 Å². The highest BCUT2D eigenvalue weighted by molar-refractivity contribution is 7.17. The minimum Gasteiger partial charge on any atom is -0.493 e. The summed E-state index contributed by atoms with van der Waals surface area (Å²) in [6, 6.07) is 14.0. The molecule has 2 aromatic heterocycles. The summed E-state index contributed by atoms with van der Waals surface area (Å²) in [4.78, 5) is 18.5. The molecule has 4 aromatic rings. The number of hydrogen-bond acceptors (Lipinski definition) is 5. The maximum absolute atomic E-state index is 13.3. The number of benzene rings is 2. The van der Waals surface area contributed by atoms with Crippen molar-refractivity contribution < 1.29 is 9.47 Å². The van der Waals surface area contributed by atoms with Crippen molar-refractivity contribution >= 4 is 21.6 Å². The van der Waals surface area contributed by atoms with Crippen molar-refractivity contribution in [2.45, 2.75) is 19.9 Å². The molecule has 0 unspecified atom stereocenters. The molecule has 2 aromatic carbocycles. The van der Waals surface area contributed by atoms with Crippen LogP contribution in [-0.2, 0) is 13.0 Å². The van der Waals surface area contributed by atoms with Crippen molar-refractivity contribution in [2.75, 3.05) is 14.2 Å². The van der Waals surface area contributed by atoms with Gasteiger partial charge in [-0.1, -0.05) is 37.3 Å². The Labute approximate surface area is 173 Å². The molecule has 0 atom stereocenters. The van der Waals surface area contributed by atoms with Gasteiger partial charge in [0.05, 0.1) is 32.5 Å². The monoisotopic (exact) mass is 406 g/mol. The van der Waals surface area contributed by atoms with E-state index in [4.69, 9.17) is 9.47 Å². The number of fused-ring (bicyclic) bond motifs is 1. The molecule has 29 heavy (non-hydrogen) atoms. The molecule has 0 spiro atoms. The molecule has 0 saturated carbocycles. The Bertz CT molecular complexity index is 1210. The first-order valence-corrected chi connectivity index (χ1v) is 10.3. The fraction of sp³-hybridized carbons (Fsp3) is 0.217. The van der Waals surface area contributed by atoms with Gasteiger partial charge in [0.25, 0.3) is 5.56 Å². The van der Waals surface area contributed by atoms with E-state index >= 15 is 0 Å². The largest absolute Gasteiger partial charge is 0.493 e. The third kappa shape index (κ3) is 3.63. The number of hydrogen-bond donors (Lipinski definition) is 0. The third-order valence-electron chi connectivity index (χ3n) is 5.04. The molecule has 0 aliphatic heterocycles. The second-order valence-electron chi connectivity index (χ2n) is 6.75. The number of ether oxygens (including phenoxy) is 2. The van der Waals surface area contributed by atoms with Crippen molar-refractivity contribution in [1.82, 2.24) is 9.55 Å². The van der Waals surface area contributed by atoms with Crippen LogP contribution in [0.25, 0.3) is 21.3 Å². The maximum atomic E-state index is 13.3. The van der Waals surface area contributed by atoms with E-state index in [9.17, 15) is 4.79 Å². The van der Waals surface area contributed by atoms with Gasteiger partial charge in [0.15, 0.2) is 11.5 Å². The fourth-order valence-corrected chi connectivity index (χ4v) is 4.28. The summed E-state index contributed by atoms with van der Waals surface area (Å²) in [7, 11) is 3.21. The minimum absolute atomic E-state index is 0.0411. The van der Waals surface area contributed by atoms with Gasteiger partial charge in [-0.3, -0.25) is 9.36 Å². The number of nitrogens with zero attached hydrogens (tertiary/aromatic N) is 2. The second-order valence-corrected chi connectivity index (χ2v) is 7.61. The van der Waals surface area contributed by atoms with Crippen LogP contribution in [0.2, 0.25) is 0 Å². The van der Waals surface area contributed by atoms with Crippen LogP contribution < -0.4 is 15.0 Å². The van der Waals surface area contributed by atoms with E-state index in [-0.39, 0.29) is 5.56 Å². The van der Waals surface area contributed by atoms with E-state index in [1.807, 2.05) is 23.6 Å². The average molecular weight is 407 g/mol. The molecular weight excluding hydrogens is 384 g/mol. The van der Waals surface area contributed by atoms with E-state index in [1.165, 1.54) is 16.9 Å². The topological polar surface area (TPSA) is 53.4 Å². The zero-order valence-electron chi connectivity index (χ0n) is 16.6. The Kier molecular flexibility index (Phi) is 5.36. The average Bonchev–Trinajstić information content (AvgIpc) is 3.20. The Morgan fingerprint density at radius 2 is 1.72 bits per heavy atom. The van der Waals surface area contributed by atoms with E-state index in [1.54, 1.807) is 25.1 Å². The summed E-state index contributed by atoms with van der Waals surface area (Å²) in [5.41, 5.74) is 4.08. The highest BCUT2D eigenvalue weighted by Crippen LogP contribution is 2.36. The molecule has 0 saturated heterocycles. The molecular formula is C23H22N2O3S. The molecule has 0 aliphatic rings. The summed E-state index contributed by atoms with van der Waals surface area (Å²) in [6.07, 6.45) is 2.63. The Balaban J connectivity index is 1.77. The summed E-state index contributed by atoms with van der Waals surface area (Å²) in [6.45, 7) is 2.62. The standard InChI is InChI=1S/C23H22N2O3S/c1-4-15-5-7-16(8-6-15)12-25-14-24-22-21(23(25)26)18(13-29-22)17-9-10-19(27-2)20(11-17)28-3/h5-11,13-14H,4,12H2,1-3H3. The van der Waals surface area contributed by atoms with Crippen LogP contribution in [-0.4, -0.2) is 23.8 Å². The second kappa shape index (κ2) is 8.09. The highest BCUT2D eigenvalue weighted by atomic mass is 32.1. The summed E-state index contributed by atoms with van der Waals surface area (Å²) in [5.74, 6) is 1.28. The first-order chi connectivity index (χ1) is 14.1. The molecule has 2 heterocycles. The van der Waals surface area contributed by atoms with Crippen molar-refractivity contribution in [3.05, 3.63) is 75.7 Å². The van der Waals surface area contributed by atoms with Gasteiger partial charge in [-0.25, -0.2) is 4.98 Å². The predicted octanol–water partition coefficient (Wildman–Crippen LogP) is 4.75. The van der Waals surface area contributed by atoms with Crippen LogP contribution in [0, 0.1) is 0 Å². The lowest BCUT2D eigenvalue weighted by Gasteiger charge is -2.10. The molecule has 0 amide bonds. The highest BCUT2D eigenvalue weighted by Gasteiger charge is 2.15. The lowest BCUT2D eigenvalue weighted by atomic mass is 10.1. The van der Waals surface area contributed by atoms with E-state index in [2.05, 4.69) is 36.2 Å². The van der Waals surface area contributed by atoms with E-state index in [0.29, 0.717) is 23.4 Å². The molecule has 6 heteroatoms. The van der Waals surface area contributed by atoms with E-state index < -0.39 is 0 Å². The van der Waals surface area contributed by atoms with Gasteiger partial charge in [-0.05, 0) is 35.2 Å². The van der Waals surface area contributed by atoms with Gasteiger partial charge < -0.3 is 9.47 Å². The summed E-state index contributed by atoms with van der Waals surface area (Å²) in [5, 5.41) is 2.61. The van der Waals surface area contributed by atoms with Crippen LogP contribution in [0.5, 0.6) is 11.5 Å². The van der Waals surface area contributed by atoms with Crippen molar-refractivity contribution in [3.8, 4) is 22.6 Å². The molecule has 4 rings (SSSR count). The zero-order valence-corrected chi connectivity index (χ0v) is 17.5. The lowest BCUT2D eigenvalue weighted by molar-refractivity contribution is 0.355. The maximum Gasteiger partial charge on any atom is 0.263 e. The van der Waals surface area contributed by atoms with Crippen LogP contribution in [0.1, 0.15) is 18.1 Å². The number of aryl methyl sites for hydroxylation is 1. The van der Waals surface area contributed by atoms with Gasteiger partial charge in [-0.2, -0.15) is 0 Å². The number of thiophene rings is 1. The van der Waals surface area contributed by atoms with Crippen molar-refractivity contribution in [3.63, 3.8) is 0 Å². The Morgan fingerprint density at radius 3 is 2.41 bits per heavy atom. The smallest absolute Gasteiger partial charge is 0.263 e. The van der Waals surface area contributed by atoms with Gasteiger partial charge >= 0.3 is 0 Å². The summed E-state index contributed by atoms with van der Waals surface area (Å²) < 4.78 is 12.4. The zero-order chi connectivity index (χ0) is 20.4. The van der Waals surface area contributed by atoms with Crippen LogP contribution in [0.3, 0.4) is 0 Å². The molecule has 0 bridgehead atoms. The van der Waals surface area contributed by atoms with Crippen LogP contribution in [0.4, 0.5) is 0 Å². The number of rotatable bonds is 6. The Hall–Kier alpha value is -3.12. The van der Waals surface area contributed by atoms with Crippen molar-refractivity contribution in [2.24, 2.45) is 0 Å². The lowest BCUT2D eigenvalue weighted by Crippen LogP contribution is -2.21. The van der Waals surface area contributed by atoms with Gasteiger partial charge in [0.1, 0.15) is 4.83 Å². The fourth-order valence-electron chi connectivity index (χ4n) is 3.37. The normalized spacial score (nSPS) is 11.0. The Morgan fingerprint density at radius 1 is 1.00 bits per heavy atom. The van der Waals surface area contributed by atoms with Crippen LogP contribution in [0.15, 0.2) is 59.0 Å². The SMILES string of the molecule is CCc1ccc(Cn2cnc3scc(-c4ccc(OC)c(OC)c4)c3c2=O)cc1. The quantitative estimate of drug-likeness (QED) is 0.464. The van der Waals surface area contributed by atoms with Gasteiger partial charge in [-0.15, -0.1) is 11.3 Å². The molecule has 5 nitrogen and oxygen atoms in total. The first-order valence-electron chi connectivity index (χ1n) is 9.41. The van der Waals surface area contributed by atoms with E-state index in [0.717, 1.165) is 27.9 Å². The number of methoxy groups -OCH3 is 2. The van der Waals surface area contributed by atoms with Crippen LogP contribution >= 0.6 is 11.3 Å². The number of aromatic nitrogens is 2. The predicted molar refractivity (Wildman–Crippen MR) is 117 cm³/mol.